The Bertz CT molecular complexity index is 844. The van der Waals surface area contributed by atoms with E-state index in [0.717, 1.165) is 12.1 Å². The molecule has 0 radical (unpaired) electrons. The van der Waals surface area contributed by atoms with E-state index in [1.807, 2.05) is 6.19 Å². The molecule has 1 atom stereocenters. The number of alkyl halides is 3. The molecule has 1 aliphatic rings. The quantitative estimate of drug-likeness (QED) is 0.839. The van der Waals surface area contributed by atoms with Gasteiger partial charge in [-0.3, -0.25) is 10.1 Å². The number of rotatable bonds is 3. The van der Waals surface area contributed by atoms with Gasteiger partial charge in [-0.15, -0.1) is 0 Å². The fourth-order valence-electron chi connectivity index (χ4n) is 2.43. The molecule has 1 saturated heterocycles. The Hall–Kier alpha value is -3.06. The van der Waals surface area contributed by atoms with Gasteiger partial charge in [-0.2, -0.15) is 18.4 Å². The van der Waals surface area contributed by atoms with E-state index in [-0.39, 0.29) is 30.3 Å². The predicted octanol–water partition coefficient (Wildman–Crippen LogP) is 2.48. The summed E-state index contributed by atoms with van der Waals surface area (Å²) in [4.78, 5) is 13.5. The molecule has 0 unspecified atom stereocenters. The maximum Gasteiger partial charge on any atom is 0.416 e. The molecule has 7 nitrogen and oxygen atoms in total. The summed E-state index contributed by atoms with van der Waals surface area (Å²) in [5, 5.41) is 15.0. The Morgan fingerprint density at radius 3 is 2.92 bits per heavy atom. The molecule has 0 saturated carbocycles. The maximum absolute atomic E-state index is 12.8. The van der Waals surface area contributed by atoms with Crippen LogP contribution in [0.15, 0.2) is 34.9 Å². The van der Waals surface area contributed by atoms with Crippen molar-refractivity contribution in [2.24, 2.45) is 0 Å². The molecule has 136 valence electrons. The number of carbonyl (C=O) groups excluding carboxylic acids is 1. The zero-order chi connectivity index (χ0) is 18.7. The highest BCUT2D eigenvalue weighted by atomic mass is 19.4. The number of nitrogens with zero attached hydrogens (tertiary/aromatic N) is 3. The first-order valence-electron chi connectivity index (χ1n) is 7.58. The first kappa shape index (κ1) is 17.8. The fourth-order valence-corrected chi connectivity index (χ4v) is 2.43. The van der Waals surface area contributed by atoms with E-state index >= 15 is 0 Å². The number of hydrogen-bond donors (Lipinski definition) is 1. The predicted molar refractivity (Wildman–Crippen MR) is 82.5 cm³/mol. The number of halogens is 3. The SMILES string of the molecule is N#CN1CCO[C@@H](C(=O)Nc2cc(-c3cccc(C(F)(F)F)c3)no2)C1. The number of morpholine rings is 1. The molecule has 1 aliphatic heterocycles. The first-order chi connectivity index (χ1) is 12.4. The molecule has 2 heterocycles. The van der Waals surface area contributed by atoms with Gasteiger partial charge in [0.2, 0.25) is 5.88 Å². The lowest BCUT2D eigenvalue weighted by molar-refractivity contribution is -0.137. The van der Waals surface area contributed by atoms with E-state index in [4.69, 9.17) is 14.5 Å². The zero-order valence-corrected chi connectivity index (χ0v) is 13.3. The van der Waals surface area contributed by atoms with E-state index in [0.29, 0.717) is 6.54 Å². The molecule has 0 aliphatic carbocycles. The van der Waals surface area contributed by atoms with E-state index < -0.39 is 23.8 Å². The third kappa shape index (κ3) is 3.94. The Morgan fingerprint density at radius 1 is 1.38 bits per heavy atom. The number of benzene rings is 1. The summed E-state index contributed by atoms with van der Waals surface area (Å²) in [5.41, 5.74) is -0.459. The van der Waals surface area contributed by atoms with Crippen molar-refractivity contribution in [1.82, 2.24) is 10.1 Å². The molecule has 1 N–H and O–H groups in total. The minimum Gasteiger partial charge on any atom is -0.365 e. The summed E-state index contributed by atoms with van der Waals surface area (Å²) in [5.74, 6) is -0.559. The smallest absolute Gasteiger partial charge is 0.365 e. The Labute approximate surface area is 145 Å². The van der Waals surface area contributed by atoms with Crippen LogP contribution >= 0.6 is 0 Å². The summed E-state index contributed by atoms with van der Waals surface area (Å²) in [6.07, 6.45) is -3.39. The largest absolute Gasteiger partial charge is 0.416 e. The van der Waals surface area contributed by atoms with Crippen molar-refractivity contribution in [3.8, 4) is 17.5 Å². The Balaban J connectivity index is 1.70. The van der Waals surface area contributed by atoms with Crippen molar-refractivity contribution < 1.29 is 27.2 Å². The van der Waals surface area contributed by atoms with Crippen molar-refractivity contribution >= 4 is 11.8 Å². The van der Waals surface area contributed by atoms with Crippen LogP contribution in [0.5, 0.6) is 0 Å². The lowest BCUT2D eigenvalue weighted by Gasteiger charge is -2.27. The number of ether oxygens (including phenoxy) is 1. The van der Waals surface area contributed by atoms with Gasteiger partial charge in [0.1, 0.15) is 5.69 Å². The van der Waals surface area contributed by atoms with Crippen molar-refractivity contribution in [2.75, 3.05) is 25.0 Å². The molecule has 1 aromatic carbocycles. The standard InChI is InChI=1S/C16H13F3N4O3/c17-16(18,19)11-3-1-2-10(6-11)12-7-14(26-22-12)21-15(24)13-8-23(9-20)4-5-25-13/h1-3,6-7,13H,4-5,8H2,(H,21,24)/t13-/m1/s1. The third-order valence-corrected chi connectivity index (χ3v) is 3.74. The van der Waals surface area contributed by atoms with Crippen molar-refractivity contribution in [3.63, 3.8) is 0 Å². The zero-order valence-electron chi connectivity index (χ0n) is 13.3. The van der Waals surface area contributed by atoms with Gasteiger partial charge in [0.25, 0.3) is 5.91 Å². The lowest BCUT2D eigenvalue weighted by Crippen LogP contribution is -2.45. The van der Waals surface area contributed by atoms with Gasteiger partial charge in [0.05, 0.1) is 25.3 Å². The van der Waals surface area contributed by atoms with Crippen LogP contribution in [-0.4, -0.2) is 41.8 Å². The van der Waals surface area contributed by atoms with E-state index in [1.165, 1.54) is 23.1 Å². The molecule has 0 spiro atoms. The Morgan fingerprint density at radius 2 is 2.19 bits per heavy atom. The summed E-state index contributed by atoms with van der Waals surface area (Å²) in [7, 11) is 0. The highest BCUT2D eigenvalue weighted by Gasteiger charge is 2.31. The Kier molecular flexibility index (Phi) is 4.81. The molecule has 0 bridgehead atoms. The second-order valence-electron chi connectivity index (χ2n) is 5.55. The molecule has 2 aromatic rings. The minimum absolute atomic E-state index is 0.0277. The van der Waals surface area contributed by atoms with Crippen molar-refractivity contribution in [3.05, 3.63) is 35.9 Å². The van der Waals surface area contributed by atoms with Crippen LogP contribution in [0.4, 0.5) is 19.1 Å². The number of aromatic nitrogens is 1. The molecule has 1 amide bonds. The number of hydrogen-bond acceptors (Lipinski definition) is 6. The van der Waals surface area contributed by atoms with Crippen LogP contribution in [0.25, 0.3) is 11.3 Å². The normalized spacial score (nSPS) is 17.6. The molecule has 10 heteroatoms. The molecular weight excluding hydrogens is 353 g/mol. The summed E-state index contributed by atoms with van der Waals surface area (Å²) >= 11 is 0. The van der Waals surface area contributed by atoms with E-state index in [9.17, 15) is 18.0 Å². The van der Waals surface area contributed by atoms with E-state index in [1.54, 1.807) is 0 Å². The van der Waals surface area contributed by atoms with Gasteiger partial charge < -0.3 is 14.2 Å². The van der Waals surface area contributed by atoms with Crippen LogP contribution in [0.3, 0.4) is 0 Å². The minimum atomic E-state index is -4.47. The van der Waals surface area contributed by atoms with Gasteiger partial charge in [-0.05, 0) is 12.1 Å². The van der Waals surface area contributed by atoms with Crippen LogP contribution < -0.4 is 5.32 Å². The number of anilines is 1. The van der Waals surface area contributed by atoms with Crippen LogP contribution in [-0.2, 0) is 15.7 Å². The van der Waals surface area contributed by atoms with Gasteiger partial charge in [0, 0.05) is 11.6 Å². The van der Waals surface area contributed by atoms with Gasteiger partial charge in [0.15, 0.2) is 12.3 Å². The van der Waals surface area contributed by atoms with Gasteiger partial charge in [-0.1, -0.05) is 17.3 Å². The maximum atomic E-state index is 12.8. The number of carbonyl (C=O) groups is 1. The highest BCUT2D eigenvalue weighted by molar-refractivity contribution is 5.93. The van der Waals surface area contributed by atoms with Crippen molar-refractivity contribution in [2.45, 2.75) is 12.3 Å². The molecule has 1 fully saturated rings. The summed E-state index contributed by atoms with van der Waals surface area (Å²) in [6, 6.07) is 5.93. The molecular formula is C16H13F3N4O3. The first-order valence-corrected chi connectivity index (χ1v) is 7.58. The van der Waals surface area contributed by atoms with Gasteiger partial charge in [-0.25, -0.2) is 0 Å². The lowest BCUT2D eigenvalue weighted by atomic mass is 10.1. The number of amides is 1. The van der Waals surface area contributed by atoms with Crippen LogP contribution in [0.1, 0.15) is 5.56 Å². The average molecular weight is 366 g/mol. The second-order valence-corrected chi connectivity index (χ2v) is 5.55. The van der Waals surface area contributed by atoms with Crippen LogP contribution in [0.2, 0.25) is 0 Å². The number of nitrogens with one attached hydrogen (secondary N) is 1. The van der Waals surface area contributed by atoms with Crippen LogP contribution in [0, 0.1) is 11.5 Å². The summed E-state index contributed by atoms with van der Waals surface area (Å²) in [6.45, 7) is 0.747. The number of nitriles is 1. The average Bonchev–Trinajstić information content (AvgIpc) is 3.09. The molecule has 26 heavy (non-hydrogen) atoms. The second kappa shape index (κ2) is 7.05. The van der Waals surface area contributed by atoms with Crippen molar-refractivity contribution in [1.29, 1.82) is 5.26 Å². The topological polar surface area (TPSA) is 91.4 Å². The highest BCUT2D eigenvalue weighted by Crippen LogP contribution is 2.32. The molecule has 3 rings (SSSR count). The fraction of sp³-hybridized carbons (Fsp3) is 0.312. The summed E-state index contributed by atoms with van der Waals surface area (Å²) < 4.78 is 48.6. The van der Waals surface area contributed by atoms with E-state index in [2.05, 4.69) is 10.5 Å². The third-order valence-electron chi connectivity index (χ3n) is 3.74. The van der Waals surface area contributed by atoms with Gasteiger partial charge >= 0.3 is 6.18 Å². The molecule has 1 aromatic heterocycles. The monoisotopic (exact) mass is 366 g/mol.